The second-order valence-corrected chi connectivity index (χ2v) is 5.47. The first kappa shape index (κ1) is 14.8. The Balaban J connectivity index is 1.93. The number of amides is 2. The molecule has 7 nitrogen and oxygen atoms in total. The number of hydrogen-bond donors (Lipinski definition) is 1. The van der Waals surface area contributed by atoms with Crippen LogP contribution in [0.15, 0.2) is 12.3 Å². The Morgan fingerprint density at radius 3 is 3.05 bits per heavy atom. The molecule has 2 heterocycles. The van der Waals surface area contributed by atoms with Crippen LogP contribution >= 0.6 is 0 Å². The van der Waals surface area contributed by atoms with E-state index in [1.165, 1.54) is 0 Å². The number of carbonyl (C=O) groups excluding carboxylic acids is 1. The van der Waals surface area contributed by atoms with E-state index >= 15 is 0 Å². The van der Waals surface area contributed by atoms with Crippen LogP contribution in [0.5, 0.6) is 0 Å². The number of aromatic nitrogens is 2. The molecule has 0 radical (unpaired) electrons. The predicted molar refractivity (Wildman–Crippen MR) is 75.1 cm³/mol. The predicted octanol–water partition coefficient (Wildman–Crippen LogP) is -0.0282. The standard InChI is InChI=1S/C13H23N5O2/c1-16(2)5-6-20-10-11-7-17(13(14)19)9-12-3-4-15-18(12)8-11/h3-4,11H,5-10H2,1-2H3,(H2,14,19). The molecular weight excluding hydrogens is 258 g/mol. The quantitative estimate of drug-likeness (QED) is 0.769. The van der Waals surface area contributed by atoms with Crippen molar-refractivity contribution in [2.75, 3.05) is 40.4 Å². The van der Waals surface area contributed by atoms with E-state index in [1.807, 2.05) is 24.8 Å². The molecule has 0 aliphatic carbocycles. The zero-order valence-electron chi connectivity index (χ0n) is 12.2. The molecule has 0 aromatic carbocycles. The minimum absolute atomic E-state index is 0.214. The number of nitrogens with two attached hydrogens (primary N) is 1. The van der Waals surface area contributed by atoms with Crippen LogP contribution < -0.4 is 5.73 Å². The lowest BCUT2D eigenvalue weighted by Crippen LogP contribution is -2.38. The molecule has 2 N–H and O–H groups in total. The Morgan fingerprint density at radius 2 is 2.35 bits per heavy atom. The fraction of sp³-hybridized carbons (Fsp3) is 0.692. The van der Waals surface area contributed by atoms with Crippen LogP contribution in [0.1, 0.15) is 5.69 Å². The Morgan fingerprint density at radius 1 is 1.55 bits per heavy atom. The monoisotopic (exact) mass is 281 g/mol. The molecule has 2 rings (SSSR count). The highest BCUT2D eigenvalue weighted by atomic mass is 16.5. The maximum absolute atomic E-state index is 11.5. The Bertz CT molecular complexity index is 446. The summed E-state index contributed by atoms with van der Waals surface area (Å²) in [6.45, 7) is 4.07. The summed E-state index contributed by atoms with van der Waals surface area (Å²) >= 11 is 0. The fourth-order valence-corrected chi connectivity index (χ4v) is 2.30. The van der Waals surface area contributed by atoms with E-state index in [0.29, 0.717) is 26.3 Å². The van der Waals surface area contributed by atoms with Crippen molar-refractivity contribution < 1.29 is 9.53 Å². The molecule has 7 heteroatoms. The van der Waals surface area contributed by atoms with E-state index in [9.17, 15) is 4.79 Å². The van der Waals surface area contributed by atoms with Crippen molar-refractivity contribution in [1.29, 1.82) is 0 Å². The summed E-state index contributed by atoms with van der Waals surface area (Å²) in [4.78, 5) is 15.2. The highest BCUT2D eigenvalue weighted by molar-refractivity contribution is 5.72. The van der Waals surface area contributed by atoms with Gasteiger partial charge < -0.3 is 20.3 Å². The number of primary amides is 1. The van der Waals surface area contributed by atoms with Gasteiger partial charge in [-0.2, -0.15) is 5.10 Å². The number of rotatable bonds is 5. The van der Waals surface area contributed by atoms with Gasteiger partial charge in [0.1, 0.15) is 0 Å². The molecule has 1 aliphatic rings. The normalized spacial score (nSPS) is 18.9. The molecule has 1 aliphatic heterocycles. The molecule has 0 fully saturated rings. The van der Waals surface area contributed by atoms with Crippen molar-refractivity contribution in [3.63, 3.8) is 0 Å². The second kappa shape index (κ2) is 6.71. The van der Waals surface area contributed by atoms with Gasteiger partial charge in [0.05, 0.1) is 25.5 Å². The van der Waals surface area contributed by atoms with E-state index in [4.69, 9.17) is 10.5 Å². The molecule has 1 aromatic heterocycles. The molecule has 20 heavy (non-hydrogen) atoms. The number of likely N-dealkylation sites (N-methyl/N-ethyl adjacent to an activating group) is 1. The van der Waals surface area contributed by atoms with Gasteiger partial charge in [-0.1, -0.05) is 0 Å². The summed E-state index contributed by atoms with van der Waals surface area (Å²) in [7, 11) is 4.03. The smallest absolute Gasteiger partial charge is 0.315 e. The van der Waals surface area contributed by atoms with Gasteiger partial charge in [0.25, 0.3) is 0 Å². The van der Waals surface area contributed by atoms with Gasteiger partial charge in [-0.25, -0.2) is 4.79 Å². The van der Waals surface area contributed by atoms with Crippen LogP contribution in [-0.4, -0.2) is 66.0 Å². The average Bonchev–Trinajstić information content (AvgIpc) is 2.72. The molecule has 0 bridgehead atoms. The first-order valence-corrected chi connectivity index (χ1v) is 6.84. The van der Waals surface area contributed by atoms with Gasteiger partial charge in [0.2, 0.25) is 0 Å². The Labute approximate surface area is 119 Å². The summed E-state index contributed by atoms with van der Waals surface area (Å²) in [5.41, 5.74) is 6.44. The maximum Gasteiger partial charge on any atom is 0.315 e. The molecule has 1 aromatic rings. The average molecular weight is 281 g/mol. The number of ether oxygens (including phenoxy) is 1. The van der Waals surface area contributed by atoms with E-state index in [1.54, 1.807) is 11.1 Å². The molecule has 0 saturated heterocycles. The molecule has 112 valence electrons. The summed E-state index contributed by atoms with van der Waals surface area (Å²) < 4.78 is 7.63. The van der Waals surface area contributed by atoms with Crippen LogP contribution in [0.3, 0.4) is 0 Å². The summed E-state index contributed by atoms with van der Waals surface area (Å²) in [6.07, 6.45) is 1.75. The van der Waals surface area contributed by atoms with Crippen LogP contribution in [0.4, 0.5) is 4.79 Å². The van der Waals surface area contributed by atoms with E-state index in [2.05, 4.69) is 10.00 Å². The third-order valence-corrected chi connectivity index (χ3v) is 3.42. The van der Waals surface area contributed by atoms with Gasteiger partial charge in [-0.15, -0.1) is 0 Å². The number of fused-ring (bicyclic) bond motifs is 1. The highest BCUT2D eigenvalue weighted by Gasteiger charge is 2.24. The van der Waals surface area contributed by atoms with Crippen LogP contribution in [0, 0.1) is 5.92 Å². The van der Waals surface area contributed by atoms with E-state index < -0.39 is 6.03 Å². The Hall–Kier alpha value is -1.60. The molecule has 1 unspecified atom stereocenters. The van der Waals surface area contributed by atoms with Gasteiger partial charge in [0.15, 0.2) is 0 Å². The Kier molecular flexibility index (Phi) is 4.97. The number of hydrogen-bond acceptors (Lipinski definition) is 4. The third-order valence-electron chi connectivity index (χ3n) is 3.42. The minimum Gasteiger partial charge on any atom is -0.380 e. The number of carbonyl (C=O) groups is 1. The summed E-state index contributed by atoms with van der Waals surface area (Å²) in [6, 6.07) is 1.53. The van der Waals surface area contributed by atoms with Crippen LogP contribution in [-0.2, 0) is 17.8 Å². The van der Waals surface area contributed by atoms with Crippen molar-refractivity contribution in [2.45, 2.75) is 13.1 Å². The summed E-state index contributed by atoms with van der Waals surface area (Å²) in [5.74, 6) is 0.214. The summed E-state index contributed by atoms with van der Waals surface area (Å²) in [5, 5.41) is 4.29. The van der Waals surface area contributed by atoms with Gasteiger partial charge in [-0.05, 0) is 20.2 Å². The van der Waals surface area contributed by atoms with Crippen molar-refractivity contribution in [3.05, 3.63) is 18.0 Å². The zero-order chi connectivity index (χ0) is 14.5. The largest absolute Gasteiger partial charge is 0.380 e. The van der Waals surface area contributed by atoms with Gasteiger partial charge in [0, 0.05) is 31.7 Å². The van der Waals surface area contributed by atoms with Crippen molar-refractivity contribution >= 4 is 6.03 Å². The lowest BCUT2D eigenvalue weighted by Gasteiger charge is -2.22. The molecule has 1 atom stereocenters. The third kappa shape index (κ3) is 3.94. The van der Waals surface area contributed by atoms with Gasteiger partial charge >= 0.3 is 6.03 Å². The molecule has 0 saturated carbocycles. The maximum atomic E-state index is 11.5. The first-order valence-electron chi connectivity index (χ1n) is 6.84. The van der Waals surface area contributed by atoms with E-state index in [-0.39, 0.29) is 5.92 Å². The number of urea groups is 1. The topological polar surface area (TPSA) is 76.6 Å². The van der Waals surface area contributed by atoms with Gasteiger partial charge in [-0.3, -0.25) is 4.68 Å². The van der Waals surface area contributed by atoms with Crippen molar-refractivity contribution in [1.82, 2.24) is 19.6 Å². The molecule has 0 spiro atoms. The molecule has 2 amide bonds. The zero-order valence-corrected chi connectivity index (χ0v) is 12.2. The van der Waals surface area contributed by atoms with Crippen molar-refractivity contribution in [3.8, 4) is 0 Å². The lowest BCUT2D eigenvalue weighted by atomic mass is 10.1. The van der Waals surface area contributed by atoms with Crippen LogP contribution in [0.2, 0.25) is 0 Å². The lowest BCUT2D eigenvalue weighted by molar-refractivity contribution is 0.0729. The van der Waals surface area contributed by atoms with Crippen LogP contribution in [0.25, 0.3) is 0 Å². The fourth-order valence-electron chi connectivity index (χ4n) is 2.30. The van der Waals surface area contributed by atoms with E-state index in [0.717, 1.165) is 18.8 Å². The minimum atomic E-state index is -0.391. The second-order valence-electron chi connectivity index (χ2n) is 5.47. The SMILES string of the molecule is CN(C)CCOCC1CN(C(N)=O)Cc2ccnn2C1. The molecular formula is C13H23N5O2. The number of nitrogens with zero attached hydrogens (tertiary/aromatic N) is 4. The van der Waals surface area contributed by atoms with Crippen molar-refractivity contribution in [2.24, 2.45) is 11.7 Å². The first-order chi connectivity index (χ1) is 9.56. The highest BCUT2D eigenvalue weighted by Crippen LogP contribution is 2.15.